The summed E-state index contributed by atoms with van der Waals surface area (Å²) in [6.45, 7) is 0. The molecule has 0 aromatic heterocycles. The molecular formula is C10Br7F2O7S-. The minimum atomic E-state index is -6.30. The summed E-state index contributed by atoms with van der Waals surface area (Å²) in [6, 6.07) is 0. The van der Waals surface area contributed by atoms with Gasteiger partial charge in [-0.05, 0) is 112 Å². The zero-order chi connectivity index (χ0) is 21.5. The fourth-order valence-corrected chi connectivity index (χ4v) is 4.03. The van der Waals surface area contributed by atoms with E-state index < -0.39 is 35.2 Å². The minimum absolute atomic E-state index is 0.0706. The zero-order valence-corrected chi connectivity index (χ0v) is 23.6. The van der Waals surface area contributed by atoms with Crippen molar-refractivity contribution in [2.75, 3.05) is 0 Å². The minimum Gasteiger partial charge on any atom is -0.743 e. The second kappa shape index (κ2) is 9.20. The van der Waals surface area contributed by atoms with Crippen LogP contribution in [-0.2, 0) is 19.7 Å². The summed E-state index contributed by atoms with van der Waals surface area (Å²) in [6.07, 6.45) is 0. The van der Waals surface area contributed by atoms with Crippen LogP contribution in [0.15, 0.2) is 17.9 Å². The van der Waals surface area contributed by atoms with Crippen LogP contribution in [0.2, 0.25) is 0 Å². The van der Waals surface area contributed by atoms with Gasteiger partial charge in [-0.25, -0.2) is 18.0 Å². The maximum Gasteiger partial charge on any atom is 0.429 e. The number of alkyl halides is 5. The van der Waals surface area contributed by atoms with Gasteiger partial charge in [0.25, 0.3) is 0 Å². The molecule has 1 aromatic rings. The first kappa shape index (κ1) is 26.3. The van der Waals surface area contributed by atoms with Gasteiger partial charge in [-0.2, -0.15) is 8.78 Å². The molecular weight excluding hydrogens is 861 g/mol. The molecule has 0 fully saturated rings. The van der Waals surface area contributed by atoms with E-state index in [1.54, 1.807) is 0 Å². The molecule has 7 nitrogen and oxygen atoms in total. The summed E-state index contributed by atoms with van der Waals surface area (Å²) in [5.74, 6) is -4.28. The quantitative estimate of drug-likeness (QED) is 0.129. The number of rotatable bonds is 4. The number of benzene rings is 1. The molecule has 0 aliphatic heterocycles. The van der Waals surface area contributed by atoms with Crippen molar-refractivity contribution < 1.29 is 40.8 Å². The van der Waals surface area contributed by atoms with E-state index in [-0.39, 0.29) is 23.6 Å². The van der Waals surface area contributed by atoms with Crippen LogP contribution in [0.4, 0.5) is 8.78 Å². The van der Waals surface area contributed by atoms with Crippen LogP contribution in [0.1, 0.15) is 0 Å². The molecule has 27 heavy (non-hydrogen) atoms. The van der Waals surface area contributed by atoms with Crippen LogP contribution in [0.25, 0.3) is 0 Å². The summed E-state index contributed by atoms with van der Waals surface area (Å²) >= 11 is 20.7. The highest BCUT2D eigenvalue weighted by molar-refractivity contribution is 9.40. The maximum absolute atomic E-state index is 13.3. The second-order valence-corrected chi connectivity index (χ2v) is 15.5. The van der Waals surface area contributed by atoms with Gasteiger partial charge in [0, 0.05) is 0 Å². The van der Waals surface area contributed by atoms with Gasteiger partial charge < -0.3 is 14.0 Å². The van der Waals surface area contributed by atoms with Gasteiger partial charge in [-0.3, -0.25) is 0 Å². The Morgan fingerprint density at radius 1 is 0.815 bits per heavy atom. The van der Waals surface area contributed by atoms with Crippen LogP contribution >= 0.6 is 112 Å². The van der Waals surface area contributed by atoms with Crippen molar-refractivity contribution in [2.45, 2.75) is 7.40 Å². The Labute approximate surface area is 208 Å². The summed E-state index contributed by atoms with van der Waals surface area (Å²) in [5.41, 5.74) is 0. The van der Waals surface area contributed by atoms with Crippen molar-refractivity contribution in [2.24, 2.45) is 0 Å². The summed E-state index contributed by atoms with van der Waals surface area (Å²) in [4.78, 5) is 23.4. The largest absolute Gasteiger partial charge is 0.743 e. The molecule has 0 amide bonds. The van der Waals surface area contributed by atoms with E-state index in [4.69, 9.17) is 4.74 Å². The SMILES string of the molecule is O=C(Oc1c(Br)c(Br)c(OC(=O)C(F)(F)S(=O)(=O)[O-])c(Br)c1Br)C(Br)(Br)Br. The fraction of sp³-hybridized carbons (Fsp3) is 0.200. The number of hydrogen-bond acceptors (Lipinski definition) is 7. The van der Waals surface area contributed by atoms with Gasteiger partial charge in [0.15, 0.2) is 21.6 Å². The highest BCUT2D eigenvalue weighted by atomic mass is 80.0. The Hall–Kier alpha value is 1.29. The lowest BCUT2D eigenvalue weighted by Crippen LogP contribution is -2.40. The van der Waals surface area contributed by atoms with Crippen molar-refractivity contribution in [3.63, 3.8) is 0 Å². The number of carbonyl (C=O) groups excluding carboxylic acids is 2. The second-order valence-electron chi connectivity index (χ2n) is 4.16. The van der Waals surface area contributed by atoms with Gasteiger partial charge in [0.2, 0.25) is 2.14 Å². The number of ether oxygens (including phenoxy) is 2. The Morgan fingerprint density at radius 3 is 1.37 bits per heavy atom. The number of halogens is 9. The molecule has 17 heteroatoms. The molecule has 0 heterocycles. The molecule has 0 aliphatic carbocycles. The third-order valence-electron chi connectivity index (χ3n) is 2.36. The van der Waals surface area contributed by atoms with Crippen LogP contribution < -0.4 is 9.47 Å². The van der Waals surface area contributed by atoms with E-state index in [9.17, 15) is 31.3 Å². The summed E-state index contributed by atoms with van der Waals surface area (Å²) in [7, 11) is -6.30. The molecule has 0 aliphatic rings. The molecule has 0 unspecified atom stereocenters. The third-order valence-corrected chi connectivity index (χ3v) is 8.21. The number of hydrogen-bond donors (Lipinski definition) is 0. The Morgan fingerprint density at radius 2 is 1.11 bits per heavy atom. The monoisotopic (exact) mass is 854 g/mol. The van der Waals surface area contributed by atoms with E-state index in [2.05, 4.69) is 116 Å². The lowest BCUT2D eigenvalue weighted by atomic mass is 10.3. The zero-order valence-electron chi connectivity index (χ0n) is 11.7. The van der Waals surface area contributed by atoms with Crippen molar-refractivity contribution in [1.82, 2.24) is 0 Å². The van der Waals surface area contributed by atoms with E-state index >= 15 is 0 Å². The highest BCUT2D eigenvalue weighted by Crippen LogP contribution is 2.51. The van der Waals surface area contributed by atoms with Crippen molar-refractivity contribution in [3.8, 4) is 11.5 Å². The van der Waals surface area contributed by atoms with Crippen LogP contribution in [0.3, 0.4) is 0 Å². The Balaban J connectivity index is 3.43. The Bertz CT molecular complexity index is 884. The molecule has 0 N–H and O–H groups in total. The third kappa shape index (κ3) is 5.92. The first-order valence-corrected chi connectivity index (χ1v) is 12.6. The predicted molar refractivity (Wildman–Crippen MR) is 113 cm³/mol. The van der Waals surface area contributed by atoms with E-state index in [1.165, 1.54) is 0 Å². The molecule has 1 aromatic carbocycles. The first-order valence-electron chi connectivity index (χ1n) is 5.63. The predicted octanol–water partition coefficient (Wildman–Crippen LogP) is 5.52. The van der Waals surface area contributed by atoms with Gasteiger partial charge in [0.1, 0.15) is 0 Å². The van der Waals surface area contributed by atoms with Crippen LogP contribution in [0.5, 0.6) is 11.5 Å². The van der Waals surface area contributed by atoms with Crippen LogP contribution in [-0.4, -0.2) is 32.3 Å². The molecule has 0 spiro atoms. The normalized spacial score (nSPS) is 12.7. The highest BCUT2D eigenvalue weighted by Gasteiger charge is 2.49. The molecule has 0 atom stereocenters. The topological polar surface area (TPSA) is 110 Å². The van der Waals surface area contributed by atoms with Gasteiger partial charge in [-0.15, -0.1) is 0 Å². The molecule has 0 bridgehead atoms. The van der Waals surface area contributed by atoms with Crippen molar-refractivity contribution in [3.05, 3.63) is 17.9 Å². The van der Waals surface area contributed by atoms with Gasteiger partial charge >= 0.3 is 17.2 Å². The molecule has 152 valence electrons. The van der Waals surface area contributed by atoms with Gasteiger partial charge in [0.05, 0.1) is 17.9 Å². The van der Waals surface area contributed by atoms with Crippen LogP contribution in [0, 0.1) is 0 Å². The Kier molecular flexibility index (Phi) is 8.97. The first-order chi connectivity index (χ1) is 11.9. The molecule has 0 saturated carbocycles. The average Bonchev–Trinajstić information content (AvgIpc) is 2.51. The molecule has 1 rings (SSSR count). The van der Waals surface area contributed by atoms with Crippen molar-refractivity contribution in [1.29, 1.82) is 0 Å². The fourth-order valence-electron chi connectivity index (χ4n) is 1.18. The molecule has 0 saturated heterocycles. The summed E-state index contributed by atoms with van der Waals surface area (Å²) < 4.78 is 65.8. The average molecular weight is 861 g/mol. The van der Waals surface area contributed by atoms with E-state index in [0.29, 0.717) is 0 Å². The maximum atomic E-state index is 13.3. The van der Waals surface area contributed by atoms with E-state index in [1.807, 2.05) is 0 Å². The van der Waals surface area contributed by atoms with E-state index in [0.717, 1.165) is 0 Å². The number of esters is 2. The number of carbonyl (C=O) groups is 2. The summed E-state index contributed by atoms with van der Waals surface area (Å²) in [5, 5.41) is -5.32. The lowest BCUT2D eigenvalue weighted by Gasteiger charge is -2.21. The standard InChI is InChI=1S/C10HBr7F2O7S/c11-1-3(13)6(26-8(21)10(18,19)27(22,23)24)4(14)2(12)5(1)25-7(20)9(15,16)17/h(H,22,23,24)/p-1. The smallest absolute Gasteiger partial charge is 0.429 e. The van der Waals surface area contributed by atoms with Crippen molar-refractivity contribution >= 4 is 134 Å². The molecule has 0 radical (unpaired) electrons. The lowest BCUT2D eigenvalue weighted by molar-refractivity contribution is -0.151. The van der Waals surface area contributed by atoms with Gasteiger partial charge in [-0.1, -0.05) is 0 Å².